The number of amidine groups is 1. The fourth-order valence-electron chi connectivity index (χ4n) is 1.27. The highest BCUT2D eigenvalue weighted by molar-refractivity contribution is 5.99. The van der Waals surface area contributed by atoms with Crippen LogP contribution in [0.2, 0.25) is 0 Å². The Balaban J connectivity index is 2.95. The topological polar surface area (TPSA) is 67.8 Å². The van der Waals surface area contributed by atoms with Crippen LogP contribution in [-0.2, 0) is 0 Å². The fourth-order valence-corrected chi connectivity index (χ4v) is 1.27. The van der Waals surface area contributed by atoms with E-state index in [1.165, 1.54) is 12.1 Å². The van der Waals surface area contributed by atoms with Gasteiger partial charge in [-0.2, -0.15) is 0 Å². The van der Waals surface area contributed by atoms with Gasteiger partial charge in [-0.05, 0) is 18.1 Å². The number of rotatable bonds is 5. The molecule has 17 heavy (non-hydrogen) atoms. The number of hydrogen-bond acceptors (Lipinski definition) is 3. The van der Waals surface area contributed by atoms with Gasteiger partial charge in [-0.25, -0.2) is 4.39 Å². The molecule has 0 fully saturated rings. The Kier molecular flexibility index (Phi) is 4.75. The minimum Gasteiger partial charge on any atom is -0.492 e. The normalized spacial score (nSPS) is 13.5. The van der Waals surface area contributed by atoms with Crippen molar-refractivity contribution in [1.29, 1.82) is 0 Å². The molecular formula is C12H17FN2O2. The molecule has 0 aliphatic carbocycles. The summed E-state index contributed by atoms with van der Waals surface area (Å²) in [6.45, 7) is 4.54. The first-order valence-electron chi connectivity index (χ1n) is 5.49. The van der Waals surface area contributed by atoms with Crippen molar-refractivity contribution in [2.75, 3.05) is 6.61 Å². The summed E-state index contributed by atoms with van der Waals surface area (Å²) in [4.78, 5) is 0. The second-order valence-corrected chi connectivity index (χ2v) is 3.92. The zero-order valence-electron chi connectivity index (χ0n) is 9.98. The Hall–Kier alpha value is -1.78. The highest BCUT2D eigenvalue weighted by atomic mass is 19.1. The zero-order valence-corrected chi connectivity index (χ0v) is 9.98. The van der Waals surface area contributed by atoms with Gasteiger partial charge in [0.15, 0.2) is 5.84 Å². The number of oxime groups is 1. The summed E-state index contributed by atoms with van der Waals surface area (Å²) in [5.74, 6) is -0.205. The molecule has 94 valence electrons. The molecule has 0 spiro atoms. The van der Waals surface area contributed by atoms with E-state index in [4.69, 9.17) is 15.7 Å². The molecule has 0 aliphatic rings. The molecule has 5 heteroatoms. The number of nitrogens with two attached hydrogens (primary N) is 1. The molecule has 1 unspecified atom stereocenters. The molecule has 1 aromatic rings. The lowest BCUT2D eigenvalue weighted by Crippen LogP contribution is -2.18. The summed E-state index contributed by atoms with van der Waals surface area (Å²) >= 11 is 0. The molecule has 0 aliphatic heterocycles. The Morgan fingerprint density at radius 2 is 2.29 bits per heavy atom. The molecule has 0 heterocycles. The minimum atomic E-state index is -0.568. The molecule has 4 nitrogen and oxygen atoms in total. The first-order valence-corrected chi connectivity index (χ1v) is 5.49. The Morgan fingerprint density at radius 3 is 2.88 bits per heavy atom. The van der Waals surface area contributed by atoms with E-state index in [-0.39, 0.29) is 11.4 Å². The molecule has 0 bridgehead atoms. The maximum Gasteiger partial charge on any atom is 0.176 e. The van der Waals surface area contributed by atoms with Crippen LogP contribution in [0.25, 0.3) is 0 Å². The molecule has 0 saturated carbocycles. The van der Waals surface area contributed by atoms with Crippen molar-refractivity contribution in [1.82, 2.24) is 0 Å². The van der Waals surface area contributed by atoms with Crippen LogP contribution in [0.15, 0.2) is 23.4 Å². The largest absolute Gasteiger partial charge is 0.492 e. The first kappa shape index (κ1) is 13.3. The highest BCUT2D eigenvalue weighted by Crippen LogP contribution is 2.22. The van der Waals surface area contributed by atoms with Gasteiger partial charge in [0.25, 0.3) is 0 Å². The SMILES string of the molecule is CCC(C)COc1cccc(F)c1C(N)=NO. The van der Waals surface area contributed by atoms with Gasteiger partial charge in [-0.3, -0.25) is 0 Å². The summed E-state index contributed by atoms with van der Waals surface area (Å²) in [7, 11) is 0. The number of halogens is 1. The number of ether oxygens (including phenoxy) is 1. The lowest BCUT2D eigenvalue weighted by molar-refractivity contribution is 0.254. The fraction of sp³-hybridized carbons (Fsp3) is 0.417. The van der Waals surface area contributed by atoms with Gasteiger partial charge in [-0.1, -0.05) is 31.5 Å². The molecule has 0 amide bonds. The van der Waals surface area contributed by atoms with E-state index in [0.717, 1.165) is 6.42 Å². The van der Waals surface area contributed by atoms with E-state index >= 15 is 0 Å². The van der Waals surface area contributed by atoms with Crippen LogP contribution in [0.5, 0.6) is 5.75 Å². The van der Waals surface area contributed by atoms with Crippen molar-refractivity contribution in [3.05, 3.63) is 29.6 Å². The molecule has 1 rings (SSSR count). The average molecular weight is 240 g/mol. The van der Waals surface area contributed by atoms with E-state index in [0.29, 0.717) is 18.3 Å². The monoisotopic (exact) mass is 240 g/mol. The average Bonchev–Trinajstić information content (AvgIpc) is 2.35. The molecule has 0 saturated heterocycles. The van der Waals surface area contributed by atoms with Crippen molar-refractivity contribution in [3.63, 3.8) is 0 Å². The van der Waals surface area contributed by atoms with E-state index in [1.807, 2.05) is 13.8 Å². The van der Waals surface area contributed by atoms with Gasteiger partial charge in [0.1, 0.15) is 11.6 Å². The second kappa shape index (κ2) is 6.08. The predicted molar refractivity (Wildman–Crippen MR) is 63.9 cm³/mol. The smallest absolute Gasteiger partial charge is 0.176 e. The molecule has 1 atom stereocenters. The van der Waals surface area contributed by atoms with Crippen LogP contribution >= 0.6 is 0 Å². The second-order valence-electron chi connectivity index (χ2n) is 3.92. The van der Waals surface area contributed by atoms with Gasteiger partial charge in [0, 0.05) is 0 Å². The summed E-state index contributed by atoms with van der Waals surface area (Å²) < 4.78 is 19.0. The summed E-state index contributed by atoms with van der Waals surface area (Å²) in [5, 5.41) is 11.4. The van der Waals surface area contributed by atoms with Gasteiger partial charge < -0.3 is 15.7 Å². The number of hydrogen-bond donors (Lipinski definition) is 2. The Bertz CT molecular complexity index is 407. The van der Waals surface area contributed by atoms with Crippen LogP contribution in [0.4, 0.5) is 4.39 Å². The molecule has 3 N–H and O–H groups in total. The standard InChI is InChI=1S/C12H17FN2O2/c1-3-8(2)7-17-10-6-4-5-9(13)11(10)12(14)15-16/h4-6,8,16H,3,7H2,1-2H3,(H2,14,15). The molecule has 0 aromatic heterocycles. The lowest BCUT2D eigenvalue weighted by atomic mass is 10.1. The molecule has 1 aromatic carbocycles. The predicted octanol–water partition coefficient (Wildman–Crippen LogP) is 2.35. The number of nitrogens with zero attached hydrogens (tertiary/aromatic N) is 1. The maximum absolute atomic E-state index is 13.5. The quantitative estimate of drug-likeness (QED) is 0.359. The summed E-state index contributed by atoms with van der Waals surface area (Å²) in [6.07, 6.45) is 0.966. The summed E-state index contributed by atoms with van der Waals surface area (Å²) in [6, 6.07) is 4.36. The van der Waals surface area contributed by atoms with E-state index < -0.39 is 5.82 Å². The number of benzene rings is 1. The van der Waals surface area contributed by atoms with Gasteiger partial charge in [0.05, 0.1) is 12.2 Å². The van der Waals surface area contributed by atoms with E-state index in [1.54, 1.807) is 6.07 Å². The van der Waals surface area contributed by atoms with Crippen molar-refractivity contribution in [2.24, 2.45) is 16.8 Å². The minimum absolute atomic E-state index is 0.00157. The van der Waals surface area contributed by atoms with Crippen molar-refractivity contribution < 1.29 is 14.3 Å². The van der Waals surface area contributed by atoms with Crippen LogP contribution in [-0.4, -0.2) is 17.6 Å². The van der Waals surface area contributed by atoms with Crippen molar-refractivity contribution in [2.45, 2.75) is 20.3 Å². The lowest BCUT2D eigenvalue weighted by Gasteiger charge is -2.14. The van der Waals surface area contributed by atoms with Crippen LogP contribution in [0.3, 0.4) is 0 Å². The molecular weight excluding hydrogens is 223 g/mol. The van der Waals surface area contributed by atoms with Gasteiger partial charge in [0.2, 0.25) is 0 Å². The van der Waals surface area contributed by atoms with Crippen LogP contribution < -0.4 is 10.5 Å². The van der Waals surface area contributed by atoms with Crippen molar-refractivity contribution in [3.8, 4) is 5.75 Å². The Labute approximate surface area is 99.9 Å². The Morgan fingerprint density at radius 1 is 1.59 bits per heavy atom. The van der Waals surface area contributed by atoms with Crippen LogP contribution in [0, 0.1) is 11.7 Å². The van der Waals surface area contributed by atoms with Crippen molar-refractivity contribution >= 4 is 5.84 Å². The van der Waals surface area contributed by atoms with Crippen LogP contribution in [0.1, 0.15) is 25.8 Å². The summed E-state index contributed by atoms with van der Waals surface area (Å²) in [5.41, 5.74) is 5.41. The van der Waals surface area contributed by atoms with Gasteiger partial charge >= 0.3 is 0 Å². The zero-order chi connectivity index (χ0) is 12.8. The third kappa shape index (κ3) is 3.34. The van der Waals surface area contributed by atoms with E-state index in [9.17, 15) is 4.39 Å². The molecule has 0 radical (unpaired) electrons. The third-order valence-electron chi connectivity index (χ3n) is 2.56. The first-order chi connectivity index (χ1) is 8.10. The highest BCUT2D eigenvalue weighted by Gasteiger charge is 2.14. The maximum atomic E-state index is 13.5. The van der Waals surface area contributed by atoms with E-state index in [2.05, 4.69) is 5.16 Å². The third-order valence-corrected chi connectivity index (χ3v) is 2.56. The van der Waals surface area contributed by atoms with Gasteiger partial charge in [-0.15, -0.1) is 0 Å².